The molecule has 2 heterocycles. The lowest BCUT2D eigenvalue weighted by molar-refractivity contribution is 0.240. The molecule has 0 bridgehead atoms. The van der Waals surface area contributed by atoms with Gasteiger partial charge in [0.1, 0.15) is 0 Å². The number of thiazole rings is 1. The van der Waals surface area contributed by atoms with Gasteiger partial charge in [-0.15, -0.1) is 11.3 Å². The molecule has 1 aromatic carbocycles. The third-order valence-corrected chi connectivity index (χ3v) is 5.04. The van der Waals surface area contributed by atoms with Crippen molar-refractivity contribution < 1.29 is 4.79 Å². The SMILES string of the molecule is Cc1cnc(C(C)CNC(=O)NCCc2cc3ccccc3[nH]2)s1. The third-order valence-electron chi connectivity index (χ3n) is 3.90. The summed E-state index contributed by atoms with van der Waals surface area (Å²) >= 11 is 1.68. The lowest BCUT2D eigenvalue weighted by Crippen LogP contribution is -2.38. The van der Waals surface area contributed by atoms with Crippen LogP contribution in [-0.4, -0.2) is 29.1 Å². The number of H-pyrrole nitrogens is 1. The molecule has 126 valence electrons. The Morgan fingerprint density at radius 2 is 2.17 bits per heavy atom. The number of amides is 2. The van der Waals surface area contributed by atoms with Crippen molar-refractivity contribution >= 4 is 28.3 Å². The molecule has 0 aliphatic rings. The summed E-state index contributed by atoms with van der Waals surface area (Å²) in [6.45, 7) is 5.30. The van der Waals surface area contributed by atoms with E-state index in [1.165, 1.54) is 10.3 Å². The van der Waals surface area contributed by atoms with Gasteiger partial charge in [0.2, 0.25) is 0 Å². The van der Waals surface area contributed by atoms with Crippen molar-refractivity contribution in [2.75, 3.05) is 13.1 Å². The molecule has 0 saturated carbocycles. The number of aromatic nitrogens is 2. The molecule has 2 amide bonds. The first-order chi connectivity index (χ1) is 11.6. The molecule has 0 radical (unpaired) electrons. The highest BCUT2D eigenvalue weighted by Crippen LogP contribution is 2.20. The van der Waals surface area contributed by atoms with Crippen LogP contribution < -0.4 is 10.6 Å². The highest BCUT2D eigenvalue weighted by atomic mass is 32.1. The van der Waals surface area contributed by atoms with E-state index < -0.39 is 0 Å². The fourth-order valence-electron chi connectivity index (χ4n) is 2.57. The molecular weight excluding hydrogens is 320 g/mol. The minimum atomic E-state index is -0.133. The summed E-state index contributed by atoms with van der Waals surface area (Å²) in [7, 11) is 0. The first-order valence-corrected chi connectivity index (χ1v) is 8.94. The summed E-state index contributed by atoms with van der Waals surface area (Å²) in [6, 6.07) is 10.2. The number of carbonyl (C=O) groups excluding carboxylic acids is 1. The van der Waals surface area contributed by atoms with Crippen molar-refractivity contribution in [3.05, 3.63) is 52.1 Å². The van der Waals surface area contributed by atoms with Crippen molar-refractivity contribution in [3.8, 4) is 0 Å². The molecule has 2 aromatic heterocycles. The number of hydrogen-bond donors (Lipinski definition) is 3. The summed E-state index contributed by atoms with van der Waals surface area (Å²) in [5.74, 6) is 0.225. The van der Waals surface area contributed by atoms with E-state index in [1.807, 2.05) is 25.3 Å². The van der Waals surface area contributed by atoms with Crippen LogP contribution in [0.15, 0.2) is 36.5 Å². The number of hydrogen-bond acceptors (Lipinski definition) is 3. The van der Waals surface area contributed by atoms with Gasteiger partial charge in [0, 0.05) is 47.7 Å². The Balaban J connectivity index is 1.40. The Morgan fingerprint density at radius 3 is 2.92 bits per heavy atom. The largest absolute Gasteiger partial charge is 0.358 e. The van der Waals surface area contributed by atoms with E-state index in [0.29, 0.717) is 13.1 Å². The number of carbonyl (C=O) groups is 1. The summed E-state index contributed by atoms with van der Waals surface area (Å²) in [5.41, 5.74) is 2.26. The molecule has 0 saturated heterocycles. The smallest absolute Gasteiger partial charge is 0.314 e. The Labute approximate surface area is 145 Å². The van der Waals surface area contributed by atoms with E-state index in [1.54, 1.807) is 11.3 Å². The highest BCUT2D eigenvalue weighted by Gasteiger charge is 2.11. The number of aryl methyl sites for hydroxylation is 1. The number of para-hydroxylation sites is 1. The molecule has 6 heteroatoms. The second-order valence-corrected chi connectivity index (χ2v) is 7.25. The lowest BCUT2D eigenvalue weighted by atomic mass is 10.2. The molecule has 3 rings (SSSR count). The van der Waals surface area contributed by atoms with Crippen molar-refractivity contribution in [1.82, 2.24) is 20.6 Å². The fraction of sp³-hybridized carbons (Fsp3) is 0.333. The first kappa shape index (κ1) is 16.5. The van der Waals surface area contributed by atoms with E-state index >= 15 is 0 Å². The van der Waals surface area contributed by atoms with E-state index in [-0.39, 0.29) is 11.9 Å². The van der Waals surface area contributed by atoms with Gasteiger partial charge in [-0.1, -0.05) is 25.1 Å². The van der Waals surface area contributed by atoms with E-state index in [4.69, 9.17) is 0 Å². The molecule has 1 atom stereocenters. The number of nitrogens with zero attached hydrogens (tertiary/aromatic N) is 1. The van der Waals surface area contributed by atoms with Crippen LogP contribution in [0.25, 0.3) is 10.9 Å². The van der Waals surface area contributed by atoms with Gasteiger partial charge in [-0.05, 0) is 24.4 Å². The zero-order chi connectivity index (χ0) is 16.9. The van der Waals surface area contributed by atoms with Crippen molar-refractivity contribution in [2.45, 2.75) is 26.2 Å². The van der Waals surface area contributed by atoms with Gasteiger partial charge in [-0.2, -0.15) is 0 Å². The van der Waals surface area contributed by atoms with Gasteiger partial charge in [0.15, 0.2) is 0 Å². The summed E-state index contributed by atoms with van der Waals surface area (Å²) in [6.07, 6.45) is 2.65. The summed E-state index contributed by atoms with van der Waals surface area (Å²) in [5, 5.41) is 8.07. The first-order valence-electron chi connectivity index (χ1n) is 8.12. The number of rotatable bonds is 6. The molecule has 3 aromatic rings. The topological polar surface area (TPSA) is 69.8 Å². The predicted molar refractivity (Wildman–Crippen MR) is 98.7 cm³/mol. The highest BCUT2D eigenvalue weighted by molar-refractivity contribution is 7.11. The molecule has 5 nitrogen and oxygen atoms in total. The molecule has 3 N–H and O–H groups in total. The van der Waals surface area contributed by atoms with Crippen molar-refractivity contribution in [1.29, 1.82) is 0 Å². The maximum atomic E-state index is 11.9. The summed E-state index contributed by atoms with van der Waals surface area (Å²) in [4.78, 5) is 20.8. The Bertz CT molecular complexity index is 790. The maximum Gasteiger partial charge on any atom is 0.314 e. The van der Waals surface area contributed by atoms with Gasteiger partial charge in [-0.25, -0.2) is 9.78 Å². The van der Waals surface area contributed by atoms with Crippen LogP contribution in [0.1, 0.15) is 28.4 Å². The van der Waals surface area contributed by atoms with Gasteiger partial charge in [0.25, 0.3) is 0 Å². The van der Waals surface area contributed by atoms with Gasteiger partial charge in [-0.3, -0.25) is 0 Å². The molecule has 24 heavy (non-hydrogen) atoms. The van der Waals surface area contributed by atoms with Crippen molar-refractivity contribution in [3.63, 3.8) is 0 Å². The zero-order valence-corrected chi connectivity index (χ0v) is 14.7. The molecule has 0 aliphatic heterocycles. The normalized spacial score (nSPS) is 12.2. The van der Waals surface area contributed by atoms with E-state index in [0.717, 1.165) is 22.6 Å². The van der Waals surface area contributed by atoms with Crippen LogP contribution in [0.5, 0.6) is 0 Å². The monoisotopic (exact) mass is 342 g/mol. The quantitative estimate of drug-likeness (QED) is 0.641. The van der Waals surface area contributed by atoms with Crippen LogP contribution in [0, 0.1) is 6.92 Å². The molecule has 0 aliphatic carbocycles. The predicted octanol–water partition coefficient (Wildman–Crippen LogP) is 3.58. The zero-order valence-electron chi connectivity index (χ0n) is 13.9. The van der Waals surface area contributed by atoms with E-state index in [9.17, 15) is 4.79 Å². The lowest BCUT2D eigenvalue weighted by Gasteiger charge is -2.11. The molecule has 1 unspecified atom stereocenters. The number of urea groups is 1. The van der Waals surface area contributed by atoms with Crippen LogP contribution in [0.3, 0.4) is 0 Å². The maximum absolute atomic E-state index is 11.9. The minimum absolute atomic E-state index is 0.133. The second kappa shape index (κ2) is 7.49. The van der Waals surface area contributed by atoms with E-state index in [2.05, 4.69) is 45.7 Å². The Hall–Kier alpha value is -2.34. The molecule has 0 fully saturated rings. The molecular formula is C18H22N4OS. The van der Waals surface area contributed by atoms with Gasteiger partial charge >= 0.3 is 6.03 Å². The van der Waals surface area contributed by atoms with Crippen LogP contribution >= 0.6 is 11.3 Å². The average Bonchev–Trinajstić information content (AvgIpc) is 3.18. The minimum Gasteiger partial charge on any atom is -0.358 e. The number of fused-ring (bicyclic) bond motifs is 1. The van der Waals surface area contributed by atoms with Crippen LogP contribution in [-0.2, 0) is 6.42 Å². The van der Waals surface area contributed by atoms with Crippen LogP contribution in [0.4, 0.5) is 4.79 Å². The molecule has 0 spiro atoms. The van der Waals surface area contributed by atoms with Crippen molar-refractivity contribution in [2.24, 2.45) is 0 Å². The standard InChI is InChI=1S/C18H22N4OS/c1-12(17-20-11-13(2)24-17)10-21-18(23)19-8-7-15-9-14-5-3-4-6-16(14)22-15/h3-6,9,11-12,22H,7-8,10H2,1-2H3,(H2,19,21,23). The number of benzene rings is 1. The second-order valence-electron chi connectivity index (χ2n) is 5.98. The average molecular weight is 342 g/mol. The van der Waals surface area contributed by atoms with Gasteiger partial charge in [0.05, 0.1) is 5.01 Å². The number of aromatic amines is 1. The third kappa shape index (κ3) is 4.14. The summed E-state index contributed by atoms with van der Waals surface area (Å²) < 4.78 is 0. The Kier molecular flexibility index (Phi) is 5.15. The van der Waals surface area contributed by atoms with Crippen LogP contribution in [0.2, 0.25) is 0 Å². The van der Waals surface area contributed by atoms with Gasteiger partial charge < -0.3 is 15.6 Å². The fourth-order valence-corrected chi connectivity index (χ4v) is 3.40. The Morgan fingerprint density at radius 1 is 1.33 bits per heavy atom. The number of nitrogens with one attached hydrogen (secondary N) is 3.